The predicted octanol–water partition coefficient (Wildman–Crippen LogP) is 4.32. The lowest BCUT2D eigenvalue weighted by atomic mass is 10.2. The number of hydrogen-bond donors (Lipinski definition) is 0. The molecular formula is C24H26N2O4S. The zero-order valence-corrected chi connectivity index (χ0v) is 18.6. The molecule has 31 heavy (non-hydrogen) atoms. The third kappa shape index (κ3) is 5.29. The first-order chi connectivity index (χ1) is 15.1. The van der Waals surface area contributed by atoms with Crippen molar-refractivity contribution in [1.82, 2.24) is 9.88 Å². The number of methoxy groups -OCH3 is 1. The molecule has 1 aromatic heterocycles. The third-order valence-electron chi connectivity index (χ3n) is 5.19. The molecule has 1 atom stereocenters. The summed E-state index contributed by atoms with van der Waals surface area (Å²) in [5.41, 5.74) is 2.98. The lowest BCUT2D eigenvalue weighted by molar-refractivity contribution is -0.143. The zero-order chi connectivity index (χ0) is 21.6. The number of benzene rings is 2. The van der Waals surface area contributed by atoms with Gasteiger partial charge in [-0.1, -0.05) is 30.3 Å². The van der Waals surface area contributed by atoms with Crippen molar-refractivity contribution in [2.45, 2.75) is 25.3 Å². The Labute approximate surface area is 186 Å². The maximum Gasteiger partial charge on any atom is 0.333 e. The summed E-state index contributed by atoms with van der Waals surface area (Å²) in [4.78, 5) is 18.7. The molecule has 0 aliphatic carbocycles. The van der Waals surface area contributed by atoms with Gasteiger partial charge in [0.1, 0.15) is 11.5 Å². The maximum atomic E-state index is 12.0. The minimum absolute atomic E-state index is 0.187. The van der Waals surface area contributed by atoms with Gasteiger partial charge in [0.05, 0.1) is 19.4 Å². The molecule has 162 valence electrons. The Morgan fingerprint density at radius 2 is 2.06 bits per heavy atom. The maximum absolute atomic E-state index is 12.0. The number of nitrogens with zero attached hydrogens (tertiary/aromatic N) is 2. The average Bonchev–Trinajstić information content (AvgIpc) is 3.41. The topological polar surface area (TPSA) is 64.8 Å². The van der Waals surface area contributed by atoms with Gasteiger partial charge < -0.3 is 13.9 Å². The summed E-state index contributed by atoms with van der Waals surface area (Å²) >= 11 is 1.62. The molecule has 0 N–H and O–H groups in total. The predicted molar refractivity (Wildman–Crippen MR) is 121 cm³/mol. The van der Waals surface area contributed by atoms with E-state index in [2.05, 4.69) is 16.0 Å². The third-order valence-corrected chi connectivity index (χ3v) is 6.42. The molecule has 4 rings (SSSR count). The van der Waals surface area contributed by atoms with Crippen LogP contribution in [-0.4, -0.2) is 47.2 Å². The Morgan fingerprint density at radius 3 is 2.87 bits per heavy atom. The van der Waals surface area contributed by atoms with E-state index in [1.807, 2.05) is 55.5 Å². The van der Waals surface area contributed by atoms with Crippen molar-refractivity contribution in [2.75, 3.05) is 26.0 Å². The molecule has 2 heterocycles. The number of carbonyl (C=O) groups excluding carboxylic acids is 1. The van der Waals surface area contributed by atoms with Gasteiger partial charge in [-0.25, -0.2) is 9.78 Å². The van der Waals surface area contributed by atoms with Gasteiger partial charge >= 0.3 is 5.97 Å². The largest absolute Gasteiger partial charge is 0.493 e. The normalized spacial score (nSPS) is 16.4. The van der Waals surface area contributed by atoms with Gasteiger partial charge in [0.25, 0.3) is 0 Å². The van der Waals surface area contributed by atoms with Gasteiger partial charge in [0.15, 0.2) is 5.37 Å². The Kier molecular flexibility index (Phi) is 6.94. The van der Waals surface area contributed by atoms with E-state index in [-0.39, 0.29) is 11.3 Å². The van der Waals surface area contributed by atoms with Crippen LogP contribution in [-0.2, 0) is 22.5 Å². The van der Waals surface area contributed by atoms with Crippen molar-refractivity contribution in [3.63, 3.8) is 0 Å². The second-order valence-electron chi connectivity index (χ2n) is 7.35. The number of hydrogen-bond acceptors (Lipinski definition) is 7. The molecule has 3 aromatic rings. The highest BCUT2D eigenvalue weighted by Gasteiger charge is 2.32. The summed E-state index contributed by atoms with van der Waals surface area (Å²) in [6, 6.07) is 17.9. The van der Waals surface area contributed by atoms with Crippen LogP contribution >= 0.6 is 11.8 Å². The number of ether oxygens (including phenoxy) is 2. The van der Waals surface area contributed by atoms with Crippen molar-refractivity contribution in [3.05, 3.63) is 71.6 Å². The number of carbonyl (C=O) groups is 1. The van der Waals surface area contributed by atoms with E-state index in [0.29, 0.717) is 25.5 Å². The Hall–Kier alpha value is -2.77. The van der Waals surface area contributed by atoms with E-state index in [1.54, 1.807) is 11.8 Å². The number of aryl methyl sites for hydroxylation is 1. The molecule has 0 spiro atoms. The van der Waals surface area contributed by atoms with Crippen LogP contribution in [0.2, 0.25) is 0 Å². The molecule has 1 saturated heterocycles. The van der Waals surface area contributed by atoms with Crippen LogP contribution in [0.3, 0.4) is 0 Å². The van der Waals surface area contributed by atoms with Crippen molar-refractivity contribution in [2.24, 2.45) is 0 Å². The number of oxazole rings is 1. The molecule has 0 amide bonds. The second-order valence-corrected chi connectivity index (χ2v) is 8.54. The highest BCUT2D eigenvalue weighted by atomic mass is 32.2. The van der Waals surface area contributed by atoms with Crippen LogP contribution < -0.4 is 4.74 Å². The Morgan fingerprint density at radius 1 is 1.23 bits per heavy atom. The summed E-state index contributed by atoms with van der Waals surface area (Å²) in [6.45, 7) is 3.99. The SMILES string of the molecule is COC(=O)C1SCCN1Cc1cccc(OCCc2nc(-c3ccccc3)oc2C)c1. The smallest absolute Gasteiger partial charge is 0.333 e. The minimum atomic E-state index is -0.233. The van der Waals surface area contributed by atoms with Crippen LogP contribution in [0.5, 0.6) is 5.75 Å². The van der Waals surface area contributed by atoms with E-state index in [0.717, 1.165) is 40.6 Å². The fourth-order valence-electron chi connectivity index (χ4n) is 3.58. The lowest BCUT2D eigenvalue weighted by Crippen LogP contribution is -2.34. The summed E-state index contributed by atoms with van der Waals surface area (Å²) in [5, 5.41) is -0.233. The quantitative estimate of drug-likeness (QED) is 0.485. The van der Waals surface area contributed by atoms with Crippen molar-refractivity contribution in [3.8, 4) is 17.2 Å². The van der Waals surface area contributed by atoms with Crippen LogP contribution in [0.1, 0.15) is 17.0 Å². The monoisotopic (exact) mass is 438 g/mol. The standard InChI is InChI=1S/C24H26N2O4S/c1-17-21(25-22(30-17)19-8-4-3-5-9-19)11-13-29-20-10-6-7-18(15-20)16-26-12-14-31-23(26)24(27)28-2/h3-10,15,23H,11-14,16H2,1-2H3. The fourth-order valence-corrected chi connectivity index (χ4v) is 4.77. The van der Waals surface area contributed by atoms with Gasteiger partial charge in [-0.15, -0.1) is 11.8 Å². The Bertz CT molecular complexity index is 1020. The summed E-state index contributed by atoms with van der Waals surface area (Å²) in [5.74, 6) is 3.00. The molecule has 1 aliphatic heterocycles. The average molecular weight is 439 g/mol. The number of aromatic nitrogens is 1. The van der Waals surface area contributed by atoms with E-state index in [1.165, 1.54) is 7.11 Å². The summed E-state index contributed by atoms with van der Waals surface area (Å²) in [6.07, 6.45) is 0.666. The lowest BCUT2D eigenvalue weighted by Gasteiger charge is -2.21. The minimum Gasteiger partial charge on any atom is -0.493 e. The second kappa shape index (κ2) is 10.0. The number of esters is 1. The van der Waals surface area contributed by atoms with E-state index in [4.69, 9.17) is 13.9 Å². The first-order valence-electron chi connectivity index (χ1n) is 10.3. The van der Waals surface area contributed by atoms with E-state index in [9.17, 15) is 4.79 Å². The van der Waals surface area contributed by atoms with Gasteiger partial charge in [-0.3, -0.25) is 4.90 Å². The van der Waals surface area contributed by atoms with Crippen molar-refractivity contribution in [1.29, 1.82) is 0 Å². The molecule has 7 heteroatoms. The molecule has 0 saturated carbocycles. The van der Waals surface area contributed by atoms with Crippen LogP contribution in [0.4, 0.5) is 0 Å². The molecule has 6 nitrogen and oxygen atoms in total. The van der Waals surface area contributed by atoms with Crippen LogP contribution in [0.25, 0.3) is 11.5 Å². The highest BCUT2D eigenvalue weighted by Crippen LogP contribution is 2.27. The number of thioether (sulfide) groups is 1. The van der Waals surface area contributed by atoms with Gasteiger partial charge in [0.2, 0.25) is 5.89 Å². The van der Waals surface area contributed by atoms with E-state index >= 15 is 0 Å². The highest BCUT2D eigenvalue weighted by molar-refractivity contribution is 8.00. The molecule has 1 aliphatic rings. The van der Waals surface area contributed by atoms with Crippen LogP contribution in [0.15, 0.2) is 59.0 Å². The molecule has 2 aromatic carbocycles. The fraction of sp³-hybridized carbons (Fsp3) is 0.333. The molecule has 0 bridgehead atoms. The molecular weight excluding hydrogens is 412 g/mol. The molecule has 1 unspecified atom stereocenters. The number of rotatable bonds is 8. The van der Waals surface area contributed by atoms with Gasteiger partial charge in [-0.05, 0) is 36.8 Å². The van der Waals surface area contributed by atoms with Crippen molar-refractivity contribution < 1.29 is 18.7 Å². The first-order valence-corrected chi connectivity index (χ1v) is 11.4. The van der Waals surface area contributed by atoms with Gasteiger partial charge in [0, 0.05) is 30.8 Å². The Balaban J connectivity index is 1.34. The van der Waals surface area contributed by atoms with Gasteiger partial charge in [-0.2, -0.15) is 0 Å². The molecule has 1 fully saturated rings. The van der Waals surface area contributed by atoms with E-state index < -0.39 is 0 Å². The zero-order valence-electron chi connectivity index (χ0n) is 17.7. The first kappa shape index (κ1) is 21.5. The van der Waals surface area contributed by atoms with Crippen molar-refractivity contribution >= 4 is 17.7 Å². The summed E-state index contributed by atoms with van der Waals surface area (Å²) in [7, 11) is 1.44. The molecule has 0 radical (unpaired) electrons. The van der Waals surface area contributed by atoms with Crippen LogP contribution in [0, 0.1) is 6.92 Å². The summed E-state index contributed by atoms with van der Waals surface area (Å²) < 4.78 is 16.7.